The van der Waals surface area contributed by atoms with E-state index in [1.165, 1.54) is 13.2 Å². The fraction of sp³-hybridized carbons (Fsp3) is 0.263. The third-order valence-corrected chi connectivity index (χ3v) is 4.30. The number of hydrogen-bond acceptors (Lipinski definition) is 6. The van der Waals surface area contributed by atoms with Gasteiger partial charge in [-0.2, -0.15) is 9.37 Å². The molecule has 9 heteroatoms. The molecule has 1 aliphatic heterocycles. The highest BCUT2D eigenvalue weighted by Crippen LogP contribution is 2.19. The number of aromatic nitrogens is 2. The standard InChI is InChI=1S/C19H20FN5O3/c1-3-16(26)22-13-6-4-12(5-7-13)18(27)25-9-8-14(11-25)23-19-21-10-15(20)17(24-19)28-2/h3-7,10,14H,1,8-9,11H2,2H3,(H,22,26)(H,21,23,24)/t14-/m0/s1. The second-order valence-electron chi connectivity index (χ2n) is 6.20. The second kappa shape index (κ2) is 8.47. The predicted molar refractivity (Wildman–Crippen MR) is 102 cm³/mol. The van der Waals surface area contributed by atoms with Crippen molar-refractivity contribution in [2.75, 3.05) is 30.8 Å². The Morgan fingerprint density at radius 3 is 2.79 bits per heavy atom. The van der Waals surface area contributed by atoms with Crippen LogP contribution in [0, 0.1) is 5.82 Å². The van der Waals surface area contributed by atoms with Gasteiger partial charge in [-0.05, 0) is 36.8 Å². The lowest BCUT2D eigenvalue weighted by molar-refractivity contribution is -0.111. The van der Waals surface area contributed by atoms with Crippen molar-refractivity contribution in [3.63, 3.8) is 0 Å². The van der Waals surface area contributed by atoms with Crippen LogP contribution >= 0.6 is 0 Å². The lowest BCUT2D eigenvalue weighted by Gasteiger charge is -2.17. The van der Waals surface area contributed by atoms with Crippen molar-refractivity contribution in [1.29, 1.82) is 0 Å². The highest BCUT2D eigenvalue weighted by Gasteiger charge is 2.27. The number of amides is 2. The van der Waals surface area contributed by atoms with E-state index >= 15 is 0 Å². The highest BCUT2D eigenvalue weighted by molar-refractivity contribution is 5.99. The van der Waals surface area contributed by atoms with Crippen molar-refractivity contribution >= 4 is 23.5 Å². The summed E-state index contributed by atoms with van der Waals surface area (Å²) >= 11 is 0. The average Bonchev–Trinajstić information content (AvgIpc) is 3.17. The number of nitrogens with one attached hydrogen (secondary N) is 2. The fourth-order valence-electron chi connectivity index (χ4n) is 2.88. The fourth-order valence-corrected chi connectivity index (χ4v) is 2.88. The Balaban J connectivity index is 1.59. The van der Waals surface area contributed by atoms with Crippen molar-refractivity contribution in [2.45, 2.75) is 12.5 Å². The zero-order valence-corrected chi connectivity index (χ0v) is 15.3. The van der Waals surface area contributed by atoms with E-state index in [-0.39, 0.29) is 29.7 Å². The highest BCUT2D eigenvalue weighted by atomic mass is 19.1. The van der Waals surface area contributed by atoms with E-state index in [4.69, 9.17) is 4.74 Å². The van der Waals surface area contributed by atoms with Gasteiger partial charge in [0.25, 0.3) is 11.8 Å². The molecular formula is C19H20FN5O3. The molecule has 0 unspecified atom stereocenters. The summed E-state index contributed by atoms with van der Waals surface area (Å²) in [5.74, 6) is -0.938. The number of anilines is 2. The minimum absolute atomic E-state index is 0.0507. The normalized spacial score (nSPS) is 15.8. The van der Waals surface area contributed by atoms with Gasteiger partial charge in [0.05, 0.1) is 13.3 Å². The molecule has 2 N–H and O–H groups in total. The number of hydrogen-bond donors (Lipinski definition) is 2. The van der Waals surface area contributed by atoms with Gasteiger partial charge in [-0.25, -0.2) is 4.98 Å². The summed E-state index contributed by atoms with van der Waals surface area (Å²) in [5.41, 5.74) is 1.11. The lowest BCUT2D eigenvalue weighted by atomic mass is 10.2. The van der Waals surface area contributed by atoms with Crippen molar-refractivity contribution in [3.8, 4) is 5.88 Å². The SMILES string of the molecule is C=CC(=O)Nc1ccc(C(=O)N2CC[C@H](Nc3ncc(F)c(OC)n3)C2)cc1. The van der Waals surface area contributed by atoms with Crippen LogP contribution in [0.2, 0.25) is 0 Å². The van der Waals surface area contributed by atoms with Gasteiger partial charge in [-0.15, -0.1) is 0 Å². The van der Waals surface area contributed by atoms with E-state index < -0.39 is 5.82 Å². The summed E-state index contributed by atoms with van der Waals surface area (Å²) in [4.78, 5) is 33.6. The van der Waals surface area contributed by atoms with Gasteiger partial charge < -0.3 is 20.3 Å². The molecule has 1 aliphatic rings. The van der Waals surface area contributed by atoms with Crippen molar-refractivity contribution in [3.05, 3.63) is 54.5 Å². The van der Waals surface area contributed by atoms with E-state index in [1.54, 1.807) is 29.2 Å². The van der Waals surface area contributed by atoms with Crippen LogP contribution in [0.5, 0.6) is 5.88 Å². The molecule has 2 amide bonds. The average molecular weight is 385 g/mol. The van der Waals surface area contributed by atoms with E-state index in [1.807, 2.05) is 0 Å². The Kier molecular flexibility index (Phi) is 5.83. The summed E-state index contributed by atoms with van der Waals surface area (Å²) in [6, 6.07) is 6.61. The predicted octanol–water partition coefficient (Wildman–Crippen LogP) is 2.08. The minimum atomic E-state index is -0.635. The minimum Gasteiger partial charge on any atom is -0.479 e. The van der Waals surface area contributed by atoms with Gasteiger partial charge in [0, 0.05) is 30.4 Å². The van der Waals surface area contributed by atoms with E-state index in [2.05, 4.69) is 27.2 Å². The van der Waals surface area contributed by atoms with Crippen LogP contribution in [0.1, 0.15) is 16.8 Å². The number of carbonyl (C=O) groups excluding carboxylic acids is 2. The van der Waals surface area contributed by atoms with Gasteiger partial charge in [0.1, 0.15) is 0 Å². The number of carbonyl (C=O) groups is 2. The topological polar surface area (TPSA) is 96.5 Å². The molecule has 0 spiro atoms. The molecule has 1 saturated heterocycles. The molecule has 8 nitrogen and oxygen atoms in total. The summed E-state index contributed by atoms with van der Waals surface area (Å²) in [7, 11) is 1.33. The Hall–Kier alpha value is -3.49. The first-order chi connectivity index (χ1) is 13.5. The van der Waals surface area contributed by atoms with Crippen LogP contribution in [0.15, 0.2) is 43.1 Å². The number of benzene rings is 1. The molecule has 1 aromatic heterocycles. The quantitative estimate of drug-likeness (QED) is 0.739. The zero-order valence-electron chi connectivity index (χ0n) is 15.3. The number of halogens is 1. The third kappa shape index (κ3) is 4.43. The third-order valence-electron chi connectivity index (χ3n) is 4.30. The Bertz CT molecular complexity index is 888. The van der Waals surface area contributed by atoms with Crippen LogP contribution in [-0.4, -0.2) is 52.9 Å². The molecule has 1 fully saturated rings. The first-order valence-corrected chi connectivity index (χ1v) is 8.66. The van der Waals surface area contributed by atoms with Crippen molar-refractivity contribution in [2.24, 2.45) is 0 Å². The molecule has 0 radical (unpaired) electrons. The number of rotatable bonds is 6. The van der Waals surface area contributed by atoms with E-state index in [0.29, 0.717) is 30.8 Å². The second-order valence-corrected chi connectivity index (χ2v) is 6.20. The molecule has 146 valence electrons. The van der Waals surface area contributed by atoms with Crippen LogP contribution < -0.4 is 15.4 Å². The first kappa shape index (κ1) is 19.3. The Morgan fingerprint density at radius 1 is 1.36 bits per heavy atom. The van der Waals surface area contributed by atoms with Crippen molar-refractivity contribution < 1.29 is 18.7 Å². The largest absolute Gasteiger partial charge is 0.479 e. The van der Waals surface area contributed by atoms with Gasteiger partial charge in [-0.1, -0.05) is 6.58 Å². The van der Waals surface area contributed by atoms with Crippen LogP contribution in [0.25, 0.3) is 0 Å². The first-order valence-electron chi connectivity index (χ1n) is 8.66. The van der Waals surface area contributed by atoms with Crippen LogP contribution in [-0.2, 0) is 4.79 Å². The summed E-state index contributed by atoms with van der Waals surface area (Å²) < 4.78 is 18.2. The van der Waals surface area contributed by atoms with Crippen molar-refractivity contribution in [1.82, 2.24) is 14.9 Å². The molecule has 0 bridgehead atoms. The smallest absolute Gasteiger partial charge is 0.255 e. The lowest BCUT2D eigenvalue weighted by Crippen LogP contribution is -2.31. The molecule has 1 aromatic carbocycles. The number of methoxy groups -OCH3 is 1. The number of nitrogens with zero attached hydrogens (tertiary/aromatic N) is 3. The van der Waals surface area contributed by atoms with Gasteiger partial charge in [0.15, 0.2) is 0 Å². The molecule has 2 heterocycles. The summed E-state index contributed by atoms with van der Waals surface area (Å²) in [6.07, 6.45) is 2.93. The van der Waals surface area contributed by atoms with E-state index in [0.717, 1.165) is 6.20 Å². The number of likely N-dealkylation sites (tertiary alicyclic amines) is 1. The van der Waals surface area contributed by atoms with Gasteiger partial charge in [-0.3, -0.25) is 9.59 Å². The maximum absolute atomic E-state index is 13.4. The number of ether oxygens (including phenoxy) is 1. The molecule has 3 rings (SSSR count). The monoisotopic (exact) mass is 385 g/mol. The summed E-state index contributed by atoms with van der Waals surface area (Å²) in [6.45, 7) is 4.43. The maximum Gasteiger partial charge on any atom is 0.255 e. The molecule has 28 heavy (non-hydrogen) atoms. The molecule has 0 aliphatic carbocycles. The van der Waals surface area contributed by atoms with Gasteiger partial charge in [0.2, 0.25) is 17.7 Å². The molecular weight excluding hydrogens is 365 g/mol. The van der Waals surface area contributed by atoms with Crippen LogP contribution in [0.3, 0.4) is 0 Å². The molecule has 2 aromatic rings. The van der Waals surface area contributed by atoms with Gasteiger partial charge >= 0.3 is 0 Å². The Morgan fingerprint density at radius 2 is 2.11 bits per heavy atom. The van der Waals surface area contributed by atoms with Crippen LogP contribution in [0.4, 0.5) is 16.0 Å². The summed E-state index contributed by atoms with van der Waals surface area (Å²) in [5, 5.41) is 5.73. The molecule has 0 saturated carbocycles. The Labute approximate surface area is 161 Å². The van der Waals surface area contributed by atoms with E-state index in [9.17, 15) is 14.0 Å². The maximum atomic E-state index is 13.4. The molecule has 1 atom stereocenters. The zero-order chi connectivity index (χ0) is 20.1.